The molecule has 3 rings (SSSR count). The fourth-order valence-electron chi connectivity index (χ4n) is 3.37. The first-order chi connectivity index (χ1) is 12.8. The molecule has 2 aliphatic heterocycles. The molecule has 1 saturated heterocycles. The van der Waals surface area contributed by atoms with Gasteiger partial charge in [-0.1, -0.05) is 18.2 Å². The minimum Gasteiger partial charge on any atom is -0.488 e. The molecule has 146 valence electrons. The molecule has 8 heteroatoms. The van der Waals surface area contributed by atoms with Crippen molar-refractivity contribution in [1.29, 1.82) is 0 Å². The van der Waals surface area contributed by atoms with E-state index >= 15 is 0 Å². The van der Waals surface area contributed by atoms with Crippen molar-refractivity contribution in [2.75, 3.05) is 24.7 Å². The van der Waals surface area contributed by atoms with Crippen molar-refractivity contribution in [2.45, 2.75) is 32.4 Å². The first-order valence-corrected chi connectivity index (χ1v) is 10.8. The van der Waals surface area contributed by atoms with Crippen LogP contribution in [0.5, 0.6) is 5.75 Å². The van der Waals surface area contributed by atoms with Crippen LogP contribution in [-0.2, 0) is 24.2 Å². The van der Waals surface area contributed by atoms with Gasteiger partial charge in [-0.15, -0.1) is 0 Å². The molecule has 2 aliphatic rings. The number of benzene rings is 1. The van der Waals surface area contributed by atoms with E-state index < -0.39 is 21.9 Å². The highest BCUT2D eigenvalue weighted by Gasteiger charge is 2.36. The number of fused-ring (bicyclic) bond motifs is 1. The molecule has 1 aromatic carbocycles. The number of sulfone groups is 1. The first kappa shape index (κ1) is 19.4. The van der Waals surface area contributed by atoms with Gasteiger partial charge in [0.05, 0.1) is 17.1 Å². The number of hydrogen-bond acceptors (Lipinski definition) is 6. The number of rotatable bonds is 5. The van der Waals surface area contributed by atoms with E-state index in [1.165, 1.54) is 11.8 Å². The maximum absolute atomic E-state index is 12.7. The normalized spacial score (nSPS) is 21.4. The van der Waals surface area contributed by atoms with Crippen molar-refractivity contribution >= 4 is 27.8 Å². The Morgan fingerprint density at radius 2 is 2.07 bits per heavy atom. The highest BCUT2D eigenvalue weighted by molar-refractivity contribution is 7.91. The van der Waals surface area contributed by atoms with Crippen LogP contribution in [0.25, 0.3) is 6.08 Å². The molecular weight excluding hydrogens is 370 g/mol. The summed E-state index contributed by atoms with van der Waals surface area (Å²) in [6.07, 6.45) is 1.11. The summed E-state index contributed by atoms with van der Waals surface area (Å²) in [7, 11) is -3.11. The lowest BCUT2D eigenvalue weighted by Gasteiger charge is -2.29. The summed E-state index contributed by atoms with van der Waals surface area (Å²) in [5.41, 5.74) is 1.11. The number of nitrogens with zero attached hydrogens (tertiary/aromatic N) is 1. The molecule has 2 atom stereocenters. The molecule has 1 aromatic rings. The molecule has 0 spiro atoms. The number of carbonyl (C=O) groups is 2. The van der Waals surface area contributed by atoms with Gasteiger partial charge in [0, 0.05) is 18.2 Å². The predicted octanol–water partition coefficient (Wildman–Crippen LogP) is 1.43. The number of carbonyl (C=O) groups excluding carboxylic acids is 2. The first-order valence-electron chi connectivity index (χ1n) is 8.95. The van der Waals surface area contributed by atoms with Gasteiger partial charge in [-0.3, -0.25) is 4.79 Å². The minimum atomic E-state index is -3.11. The number of para-hydroxylation sites is 1. The van der Waals surface area contributed by atoms with Gasteiger partial charge in [0.25, 0.3) is 5.91 Å². The quantitative estimate of drug-likeness (QED) is 0.703. The molecule has 0 N–H and O–H groups in total. The summed E-state index contributed by atoms with van der Waals surface area (Å²) in [6.45, 7) is 3.73. The number of hydrogen-bond donors (Lipinski definition) is 0. The Kier molecular flexibility index (Phi) is 5.55. The van der Waals surface area contributed by atoms with E-state index in [4.69, 9.17) is 9.47 Å². The highest BCUT2D eigenvalue weighted by atomic mass is 32.2. The molecule has 0 aliphatic carbocycles. The second kappa shape index (κ2) is 7.72. The summed E-state index contributed by atoms with van der Waals surface area (Å²) < 4.78 is 34.3. The van der Waals surface area contributed by atoms with Crippen LogP contribution in [0.1, 0.15) is 25.8 Å². The summed E-state index contributed by atoms with van der Waals surface area (Å²) in [5.74, 6) is -0.258. The average molecular weight is 393 g/mol. The Hall–Kier alpha value is -2.35. The number of esters is 1. The van der Waals surface area contributed by atoms with E-state index in [9.17, 15) is 18.0 Å². The summed E-state index contributed by atoms with van der Waals surface area (Å²) in [4.78, 5) is 26.6. The Morgan fingerprint density at radius 1 is 1.33 bits per heavy atom. The Bertz CT molecular complexity index is 876. The monoisotopic (exact) mass is 393 g/mol. The van der Waals surface area contributed by atoms with Crippen LogP contribution in [-0.4, -0.2) is 62.0 Å². The third-order valence-electron chi connectivity index (χ3n) is 4.80. The van der Waals surface area contributed by atoms with Crippen molar-refractivity contribution in [3.8, 4) is 5.75 Å². The second-order valence-electron chi connectivity index (χ2n) is 6.72. The smallest absolute Gasteiger partial charge is 0.338 e. The Morgan fingerprint density at radius 3 is 2.74 bits per heavy atom. The maximum Gasteiger partial charge on any atom is 0.338 e. The molecule has 7 nitrogen and oxygen atoms in total. The minimum absolute atomic E-state index is 0.0387. The maximum atomic E-state index is 12.7. The van der Waals surface area contributed by atoms with Gasteiger partial charge in [0.1, 0.15) is 12.4 Å². The lowest BCUT2D eigenvalue weighted by atomic mass is 10.1. The molecule has 2 unspecified atom stereocenters. The molecule has 0 radical (unpaired) electrons. The van der Waals surface area contributed by atoms with Crippen molar-refractivity contribution in [2.24, 2.45) is 0 Å². The van der Waals surface area contributed by atoms with Crippen LogP contribution in [0.2, 0.25) is 0 Å². The summed E-state index contributed by atoms with van der Waals surface area (Å²) in [6, 6.07) is 6.97. The molecule has 0 aromatic heterocycles. The van der Waals surface area contributed by atoms with Crippen LogP contribution in [0.15, 0.2) is 29.8 Å². The lowest BCUT2D eigenvalue weighted by molar-refractivity contribution is -0.157. The molecule has 1 amide bonds. The van der Waals surface area contributed by atoms with E-state index in [0.29, 0.717) is 24.3 Å². The van der Waals surface area contributed by atoms with E-state index in [1.54, 1.807) is 13.0 Å². The van der Waals surface area contributed by atoms with Gasteiger partial charge < -0.3 is 14.4 Å². The molecular formula is C19H23NO6S. The van der Waals surface area contributed by atoms with Crippen molar-refractivity contribution in [3.05, 3.63) is 35.4 Å². The van der Waals surface area contributed by atoms with Gasteiger partial charge >= 0.3 is 5.97 Å². The number of amides is 1. The van der Waals surface area contributed by atoms with Gasteiger partial charge in [-0.25, -0.2) is 13.2 Å². The predicted molar refractivity (Wildman–Crippen MR) is 99.9 cm³/mol. The Labute approximate surface area is 158 Å². The molecule has 0 saturated carbocycles. The zero-order valence-electron chi connectivity index (χ0n) is 15.4. The zero-order valence-corrected chi connectivity index (χ0v) is 16.2. The molecule has 2 heterocycles. The molecule has 1 fully saturated rings. The molecule has 27 heavy (non-hydrogen) atoms. The Balaban J connectivity index is 1.66. The number of likely N-dealkylation sites (N-methyl/N-ethyl adjacent to an activating group) is 1. The summed E-state index contributed by atoms with van der Waals surface area (Å²) >= 11 is 0. The van der Waals surface area contributed by atoms with Crippen LogP contribution in [0.4, 0.5) is 0 Å². The van der Waals surface area contributed by atoms with E-state index in [0.717, 1.165) is 5.56 Å². The average Bonchev–Trinajstić information content (AvgIpc) is 3.01. The SMILES string of the molecule is CCN(C(=O)C(C)OC(=O)C1=Cc2ccccc2OC1)C1CCS(=O)(=O)C1. The third kappa shape index (κ3) is 4.32. The van der Waals surface area contributed by atoms with Crippen LogP contribution >= 0.6 is 0 Å². The largest absolute Gasteiger partial charge is 0.488 e. The van der Waals surface area contributed by atoms with Gasteiger partial charge in [-0.05, 0) is 32.4 Å². The van der Waals surface area contributed by atoms with Crippen molar-refractivity contribution in [1.82, 2.24) is 4.90 Å². The van der Waals surface area contributed by atoms with E-state index in [-0.39, 0.29) is 30.1 Å². The summed E-state index contributed by atoms with van der Waals surface area (Å²) in [5, 5.41) is 0. The number of ether oxygens (including phenoxy) is 2. The third-order valence-corrected chi connectivity index (χ3v) is 6.55. The highest BCUT2D eigenvalue weighted by Crippen LogP contribution is 2.26. The van der Waals surface area contributed by atoms with Crippen LogP contribution in [0.3, 0.4) is 0 Å². The molecule has 0 bridgehead atoms. The topological polar surface area (TPSA) is 90.0 Å². The van der Waals surface area contributed by atoms with Crippen LogP contribution < -0.4 is 4.74 Å². The van der Waals surface area contributed by atoms with Gasteiger partial charge in [0.15, 0.2) is 15.9 Å². The van der Waals surface area contributed by atoms with Gasteiger partial charge in [0.2, 0.25) is 0 Å². The van der Waals surface area contributed by atoms with Crippen LogP contribution in [0, 0.1) is 0 Å². The van der Waals surface area contributed by atoms with E-state index in [1.807, 2.05) is 24.3 Å². The standard InChI is InChI=1S/C19H23NO6S/c1-3-20(16-8-9-27(23,24)12-16)18(21)13(2)26-19(22)15-10-14-6-4-5-7-17(14)25-11-15/h4-7,10,13,16H,3,8-9,11-12H2,1-2H3. The fourth-order valence-corrected chi connectivity index (χ4v) is 5.10. The van der Waals surface area contributed by atoms with E-state index in [2.05, 4.69) is 0 Å². The van der Waals surface area contributed by atoms with Crippen molar-refractivity contribution < 1.29 is 27.5 Å². The zero-order chi connectivity index (χ0) is 19.6. The van der Waals surface area contributed by atoms with Gasteiger partial charge in [-0.2, -0.15) is 0 Å². The lowest BCUT2D eigenvalue weighted by Crippen LogP contribution is -2.46. The fraction of sp³-hybridized carbons (Fsp3) is 0.474. The van der Waals surface area contributed by atoms with Crippen molar-refractivity contribution in [3.63, 3.8) is 0 Å². The second-order valence-corrected chi connectivity index (χ2v) is 8.95.